The molecule has 0 unspecified atom stereocenters. The van der Waals surface area contributed by atoms with Crippen molar-refractivity contribution in [2.45, 2.75) is 57.0 Å². The smallest absolute Gasteiger partial charge is 0.479 e. The number of ether oxygens (including phenoxy) is 1. The molecule has 0 radical (unpaired) electrons. The maximum atomic E-state index is 13.5. The van der Waals surface area contributed by atoms with Crippen molar-refractivity contribution in [1.29, 1.82) is 0 Å². The summed E-state index contributed by atoms with van der Waals surface area (Å²) in [6, 6.07) is 18.3. The van der Waals surface area contributed by atoms with Crippen LogP contribution < -0.4 is 20.3 Å². The van der Waals surface area contributed by atoms with Crippen LogP contribution in [0.3, 0.4) is 0 Å². The number of rotatable bonds is 10. The van der Waals surface area contributed by atoms with Crippen molar-refractivity contribution < 1.29 is 42.5 Å². The zero-order chi connectivity index (χ0) is 31.0. The monoisotopic (exact) mass is 599 g/mol. The highest BCUT2D eigenvalue weighted by molar-refractivity contribution is 6.01. The molecule has 0 saturated heterocycles. The summed E-state index contributed by atoms with van der Waals surface area (Å²) in [6.07, 6.45) is -0.727. The third-order valence-corrected chi connectivity index (χ3v) is 7.16. The molecule has 4 N–H and O–H groups in total. The number of carboxylic acids is 1. The summed E-state index contributed by atoms with van der Waals surface area (Å²) in [6.45, 7) is -0.354. The number of halogens is 3. The second-order valence-electron chi connectivity index (χ2n) is 10.3. The predicted octanol–water partition coefficient (Wildman–Crippen LogP) is 6.05. The van der Waals surface area contributed by atoms with Crippen molar-refractivity contribution in [3.05, 3.63) is 89.5 Å². The van der Waals surface area contributed by atoms with Gasteiger partial charge in [0, 0.05) is 16.9 Å². The molecule has 0 spiro atoms. The first-order chi connectivity index (χ1) is 20.5. The fourth-order valence-electron chi connectivity index (χ4n) is 4.90. The van der Waals surface area contributed by atoms with Crippen LogP contribution >= 0.6 is 0 Å². The highest BCUT2D eigenvalue weighted by Crippen LogP contribution is 2.34. The summed E-state index contributed by atoms with van der Waals surface area (Å²) >= 11 is 0. The van der Waals surface area contributed by atoms with Crippen LogP contribution in [-0.4, -0.2) is 47.1 Å². The Morgan fingerprint density at radius 2 is 1.53 bits per heavy atom. The van der Waals surface area contributed by atoms with Crippen molar-refractivity contribution in [2.24, 2.45) is 0 Å². The van der Waals surface area contributed by atoms with E-state index in [4.69, 9.17) is 5.11 Å². The Kier molecular flexibility index (Phi) is 10.3. The van der Waals surface area contributed by atoms with Gasteiger partial charge in [-0.3, -0.25) is 9.69 Å². The van der Waals surface area contributed by atoms with E-state index in [1.165, 1.54) is 54.0 Å². The number of benzene rings is 3. The van der Waals surface area contributed by atoms with Gasteiger partial charge in [-0.1, -0.05) is 43.5 Å². The molecule has 0 aromatic heterocycles. The van der Waals surface area contributed by atoms with Gasteiger partial charge in [-0.05, 0) is 78.4 Å². The Bertz CT molecular complexity index is 1390. The first-order valence-electron chi connectivity index (χ1n) is 13.8. The molecule has 43 heavy (non-hydrogen) atoms. The van der Waals surface area contributed by atoms with Crippen molar-refractivity contribution in [3.63, 3.8) is 0 Å². The van der Waals surface area contributed by atoms with Crippen molar-refractivity contribution in [1.82, 2.24) is 5.32 Å². The number of amides is 3. The number of urea groups is 1. The van der Waals surface area contributed by atoms with Gasteiger partial charge in [0.05, 0.1) is 13.1 Å². The summed E-state index contributed by atoms with van der Waals surface area (Å²) in [5.74, 6) is -1.97. The number of aliphatic hydroxyl groups is 1. The lowest BCUT2D eigenvalue weighted by Crippen LogP contribution is -2.36. The maximum Gasteiger partial charge on any atom is 0.573 e. The molecule has 12 heteroatoms. The van der Waals surface area contributed by atoms with Crippen LogP contribution in [0.5, 0.6) is 5.75 Å². The molecule has 4 rings (SSSR count). The van der Waals surface area contributed by atoms with Gasteiger partial charge in [0.15, 0.2) is 6.10 Å². The number of nitrogens with one attached hydrogen (secondary N) is 2. The minimum atomic E-state index is -4.83. The van der Waals surface area contributed by atoms with Gasteiger partial charge in [-0.2, -0.15) is 0 Å². The number of aliphatic hydroxyl groups excluding tert-OH is 1. The maximum absolute atomic E-state index is 13.5. The largest absolute Gasteiger partial charge is 0.573 e. The van der Waals surface area contributed by atoms with E-state index in [9.17, 15) is 32.7 Å². The van der Waals surface area contributed by atoms with E-state index in [-0.39, 0.29) is 17.8 Å². The Hall–Kier alpha value is -4.58. The Morgan fingerprint density at radius 1 is 0.907 bits per heavy atom. The van der Waals surface area contributed by atoms with Gasteiger partial charge >= 0.3 is 18.4 Å². The quantitative estimate of drug-likeness (QED) is 0.225. The summed E-state index contributed by atoms with van der Waals surface area (Å²) < 4.78 is 41.4. The van der Waals surface area contributed by atoms with Gasteiger partial charge in [-0.25, -0.2) is 9.59 Å². The number of hydrogen-bond acceptors (Lipinski definition) is 5. The molecule has 0 bridgehead atoms. The lowest BCUT2D eigenvalue weighted by Gasteiger charge is -2.26. The summed E-state index contributed by atoms with van der Waals surface area (Å²) in [5.41, 5.74) is 2.96. The van der Waals surface area contributed by atoms with E-state index in [0.29, 0.717) is 17.2 Å². The van der Waals surface area contributed by atoms with Gasteiger partial charge in [0.1, 0.15) is 5.75 Å². The van der Waals surface area contributed by atoms with Crippen LogP contribution in [0.2, 0.25) is 0 Å². The third-order valence-electron chi connectivity index (χ3n) is 7.16. The molecule has 0 aliphatic heterocycles. The average molecular weight is 600 g/mol. The predicted molar refractivity (Wildman–Crippen MR) is 153 cm³/mol. The minimum absolute atomic E-state index is 0.101. The molecule has 0 heterocycles. The molecule has 1 fully saturated rings. The van der Waals surface area contributed by atoms with E-state index in [0.717, 1.165) is 25.0 Å². The Balaban J connectivity index is 1.50. The molecule has 1 aliphatic rings. The number of carbonyl (C=O) groups excluding carboxylic acids is 2. The van der Waals surface area contributed by atoms with E-state index >= 15 is 0 Å². The number of anilines is 2. The normalized spacial score (nSPS) is 14.4. The average Bonchev–Trinajstić information content (AvgIpc) is 2.99. The lowest BCUT2D eigenvalue weighted by molar-refractivity contribution is -0.274. The molecule has 3 amide bonds. The highest BCUT2D eigenvalue weighted by Gasteiger charge is 2.31. The van der Waals surface area contributed by atoms with Crippen LogP contribution in [0.4, 0.5) is 29.3 Å². The van der Waals surface area contributed by atoms with E-state index in [2.05, 4.69) is 15.4 Å². The second-order valence-corrected chi connectivity index (χ2v) is 10.3. The summed E-state index contributed by atoms with van der Waals surface area (Å²) in [5, 5.41) is 23.2. The molecule has 3 aromatic carbocycles. The van der Waals surface area contributed by atoms with Crippen LogP contribution in [0.25, 0.3) is 0 Å². The number of aliphatic carboxylic acids is 1. The summed E-state index contributed by atoms with van der Waals surface area (Å²) in [4.78, 5) is 38.0. The topological polar surface area (TPSA) is 128 Å². The van der Waals surface area contributed by atoms with Crippen molar-refractivity contribution in [3.8, 4) is 5.75 Å². The highest BCUT2D eigenvalue weighted by atomic mass is 19.4. The van der Waals surface area contributed by atoms with Crippen molar-refractivity contribution >= 4 is 29.3 Å². The number of carboxylic acid groups (broad SMARTS) is 1. The molecule has 9 nitrogen and oxygen atoms in total. The summed E-state index contributed by atoms with van der Waals surface area (Å²) in [7, 11) is 0. The van der Waals surface area contributed by atoms with Crippen LogP contribution in [0.1, 0.15) is 59.5 Å². The fourth-order valence-corrected chi connectivity index (χ4v) is 4.90. The fraction of sp³-hybridized carbons (Fsp3) is 0.323. The number of carbonyl (C=O) groups is 3. The van der Waals surface area contributed by atoms with Gasteiger partial charge in [0.25, 0.3) is 5.91 Å². The molecule has 1 aliphatic carbocycles. The molecular formula is C31H32F3N3O6. The van der Waals surface area contributed by atoms with Crippen LogP contribution in [-0.2, 0) is 11.3 Å². The van der Waals surface area contributed by atoms with E-state index in [1.807, 2.05) is 24.3 Å². The van der Waals surface area contributed by atoms with Gasteiger partial charge in [-0.15, -0.1) is 13.2 Å². The SMILES string of the molecule is O=C(NC[C@@H](O)C(=O)O)c1ccc(CN(C(=O)Nc2ccc(OC(F)(F)F)cc2)c2ccc(C3CCCCC3)cc2)cc1. The van der Waals surface area contributed by atoms with Crippen molar-refractivity contribution in [2.75, 3.05) is 16.8 Å². The zero-order valence-electron chi connectivity index (χ0n) is 23.1. The first-order valence-corrected chi connectivity index (χ1v) is 13.8. The van der Waals surface area contributed by atoms with Crippen LogP contribution in [0, 0.1) is 0 Å². The van der Waals surface area contributed by atoms with Crippen LogP contribution in [0.15, 0.2) is 72.8 Å². The minimum Gasteiger partial charge on any atom is -0.479 e. The standard InChI is InChI=1S/C31H32F3N3O6/c32-31(33,34)43-26-16-12-24(13-17-26)36-30(42)37(25-14-10-22(11-15-25)21-4-2-1-3-5-21)19-20-6-8-23(9-7-20)28(39)35-18-27(38)29(40)41/h6-17,21,27,38H,1-5,18-19H2,(H,35,39)(H,36,42)(H,40,41)/t27-/m1/s1. The molecule has 1 atom stereocenters. The first kappa shape index (κ1) is 31.4. The molecule has 228 valence electrons. The second kappa shape index (κ2) is 14.1. The number of hydrogen-bond donors (Lipinski definition) is 4. The number of nitrogens with zero attached hydrogens (tertiary/aromatic N) is 1. The molecule has 3 aromatic rings. The zero-order valence-corrected chi connectivity index (χ0v) is 23.1. The van der Waals surface area contributed by atoms with Gasteiger partial charge < -0.3 is 25.6 Å². The van der Waals surface area contributed by atoms with E-state index in [1.54, 1.807) is 12.1 Å². The Labute approximate surface area is 246 Å². The Morgan fingerprint density at radius 3 is 2.12 bits per heavy atom. The number of alkyl halides is 3. The lowest BCUT2D eigenvalue weighted by atomic mass is 9.84. The van der Waals surface area contributed by atoms with Gasteiger partial charge in [0.2, 0.25) is 0 Å². The molecule has 1 saturated carbocycles. The molecular weight excluding hydrogens is 567 g/mol. The third kappa shape index (κ3) is 9.20. The van der Waals surface area contributed by atoms with E-state index < -0.39 is 42.7 Å².